The van der Waals surface area contributed by atoms with Crippen LogP contribution in [0.3, 0.4) is 0 Å². The van der Waals surface area contributed by atoms with Gasteiger partial charge in [-0.3, -0.25) is 0 Å². The van der Waals surface area contributed by atoms with Crippen molar-refractivity contribution in [3.63, 3.8) is 0 Å². The molecule has 0 amide bonds. The topological polar surface area (TPSA) is 26.0 Å². The van der Waals surface area contributed by atoms with Crippen molar-refractivity contribution in [2.45, 2.75) is 58.9 Å². The van der Waals surface area contributed by atoms with Crippen LogP contribution >= 0.6 is 0 Å². The van der Waals surface area contributed by atoms with Gasteiger partial charge in [0.25, 0.3) is 0 Å². The van der Waals surface area contributed by atoms with Gasteiger partial charge in [0.1, 0.15) is 0 Å². The van der Waals surface area contributed by atoms with Gasteiger partial charge in [0.2, 0.25) is 0 Å². The lowest BCUT2D eigenvalue weighted by atomic mass is 9.73. The Morgan fingerprint density at radius 3 is 2.38 bits per heavy atom. The van der Waals surface area contributed by atoms with Crippen LogP contribution in [0.5, 0.6) is 0 Å². The summed E-state index contributed by atoms with van der Waals surface area (Å²) >= 11 is 0. The van der Waals surface area contributed by atoms with E-state index in [1.807, 2.05) is 0 Å². The number of nitrogens with two attached hydrogens (primary N) is 1. The molecule has 0 saturated heterocycles. The van der Waals surface area contributed by atoms with Crippen molar-refractivity contribution in [1.82, 2.24) is 0 Å². The molecule has 0 radical (unpaired) electrons. The minimum Gasteiger partial charge on any atom is -0.325 e. The molecule has 3 saturated carbocycles. The highest BCUT2D eigenvalue weighted by Crippen LogP contribution is 2.70. The Morgan fingerprint density at radius 1 is 1.00 bits per heavy atom. The maximum Gasteiger partial charge on any atom is 0.0157 e. The van der Waals surface area contributed by atoms with E-state index in [2.05, 4.69) is 27.7 Å². The quantitative estimate of drug-likeness (QED) is 0.666. The molecule has 2 N–H and O–H groups in total. The molecule has 16 heavy (non-hydrogen) atoms. The molecule has 0 bridgehead atoms. The van der Waals surface area contributed by atoms with Crippen LogP contribution in [-0.4, -0.2) is 5.54 Å². The van der Waals surface area contributed by atoms with Crippen LogP contribution in [-0.2, 0) is 0 Å². The highest BCUT2D eigenvalue weighted by molar-refractivity contribution is 5.15. The van der Waals surface area contributed by atoms with Gasteiger partial charge in [-0.2, -0.15) is 0 Å². The minimum atomic E-state index is 0.124. The summed E-state index contributed by atoms with van der Waals surface area (Å²) in [6, 6.07) is 0. The summed E-state index contributed by atoms with van der Waals surface area (Å²) in [7, 11) is 0. The first-order valence-corrected chi connectivity index (χ1v) is 7.14. The van der Waals surface area contributed by atoms with E-state index in [0.717, 1.165) is 29.6 Å². The summed E-state index contributed by atoms with van der Waals surface area (Å²) in [5.74, 6) is 4.61. The van der Waals surface area contributed by atoms with Crippen LogP contribution in [0.4, 0.5) is 0 Å². The van der Waals surface area contributed by atoms with E-state index in [-0.39, 0.29) is 5.54 Å². The maximum absolute atomic E-state index is 6.60. The number of hydrogen-bond acceptors (Lipinski definition) is 1. The van der Waals surface area contributed by atoms with E-state index in [9.17, 15) is 0 Å². The van der Waals surface area contributed by atoms with Crippen LogP contribution in [0.15, 0.2) is 0 Å². The number of hydrogen-bond donors (Lipinski definition) is 1. The van der Waals surface area contributed by atoms with E-state index in [4.69, 9.17) is 5.73 Å². The van der Waals surface area contributed by atoms with Gasteiger partial charge in [-0.15, -0.1) is 0 Å². The molecule has 6 atom stereocenters. The van der Waals surface area contributed by atoms with Gasteiger partial charge in [-0.05, 0) is 61.2 Å². The van der Waals surface area contributed by atoms with Gasteiger partial charge in [-0.25, -0.2) is 0 Å². The van der Waals surface area contributed by atoms with Crippen molar-refractivity contribution in [2.24, 2.45) is 40.7 Å². The highest BCUT2D eigenvalue weighted by Gasteiger charge is 2.66. The summed E-state index contributed by atoms with van der Waals surface area (Å²) in [6.07, 6.45) is 5.44. The molecule has 3 fully saturated rings. The molecule has 0 aromatic heterocycles. The molecular weight excluding hydrogens is 194 g/mol. The molecule has 1 heteroatoms. The van der Waals surface area contributed by atoms with E-state index in [0.29, 0.717) is 5.41 Å². The predicted octanol–water partition coefficient (Wildman–Crippen LogP) is 3.43. The zero-order valence-corrected chi connectivity index (χ0v) is 11.3. The van der Waals surface area contributed by atoms with Crippen molar-refractivity contribution in [3.8, 4) is 0 Å². The van der Waals surface area contributed by atoms with Gasteiger partial charge in [0.15, 0.2) is 0 Å². The van der Waals surface area contributed by atoms with Gasteiger partial charge in [0.05, 0.1) is 0 Å². The second-order valence-electron chi connectivity index (χ2n) is 7.74. The van der Waals surface area contributed by atoms with Crippen molar-refractivity contribution in [2.75, 3.05) is 0 Å². The third-order valence-corrected chi connectivity index (χ3v) is 6.45. The lowest BCUT2D eigenvalue weighted by molar-refractivity contribution is 0.174. The van der Waals surface area contributed by atoms with Crippen molar-refractivity contribution < 1.29 is 0 Å². The normalized spacial score (nSPS) is 58.7. The molecule has 0 aromatic carbocycles. The second-order valence-corrected chi connectivity index (χ2v) is 7.74. The van der Waals surface area contributed by atoms with Crippen LogP contribution < -0.4 is 5.73 Å². The average Bonchev–Trinajstić information content (AvgIpc) is 2.51. The molecule has 0 aliphatic heterocycles. The van der Waals surface area contributed by atoms with Gasteiger partial charge in [-0.1, -0.05) is 27.2 Å². The highest BCUT2D eigenvalue weighted by atomic mass is 14.8. The Morgan fingerprint density at radius 2 is 1.69 bits per heavy atom. The fourth-order valence-electron chi connectivity index (χ4n) is 5.35. The van der Waals surface area contributed by atoms with E-state index in [1.54, 1.807) is 0 Å². The molecule has 92 valence electrons. The first-order valence-electron chi connectivity index (χ1n) is 7.14. The second kappa shape index (κ2) is 3.04. The molecule has 1 nitrogen and oxygen atoms in total. The van der Waals surface area contributed by atoms with Crippen LogP contribution in [0.2, 0.25) is 0 Å². The summed E-state index contributed by atoms with van der Waals surface area (Å²) in [4.78, 5) is 0. The van der Waals surface area contributed by atoms with Gasteiger partial charge in [0, 0.05) is 5.54 Å². The SMILES string of the molecule is C[C@@H]1CC[C@@H]2[C@@H]1[C@H]1[C@@H](CC[C@]2(C)N)C1(C)C. The zero-order chi connectivity index (χ0) is 11.7. The first kappa shape index (κ1) is 11.1. The zero-order valence-electron chi connectivity index (χ0n) is 11.3. The van der Waals surface area contributed by atoms with Crippen molar-refractivity contribution >= 4 is 0 Å². The Balaban J connectivity index is 1.94. The van der Waals surface area contributed by atoms with Crippen LogP contribution in [0.25, 0.3) is 0 Å². The summed E-state index contributed by atoms with van der Waals surface area (Å²) in [6.45, 7) is 9.77. The smallest absolute Gasteiger partial charge is 0.0157 e. The molecule has 3 rings (SSSR count). The largest absolute Gasteiger partial charge is 0.325 e. The third-order valence-electron chi connectivity index (χ3n) is 6.45. The first-order chi connectivity index (χ1) is 7.36. The molecule has 0 unspecified atom stereocenters. The Bertz CT molecular complexity index is 305. The molecule has 0 aromatic rings. The predicted molar refractivity (Wildman–Crippen MR) is 68.0 cm³/mol. The van der Waals surface area contributed by atoms with Crippen LogP contribution in [0.1, 0.15) is 53.4 Å². The minimum absolute atomic E-state index is 0.124. The van der Waals surface area contributed by atoms with Gasteiger partial charge < -0.3 is 5.73 Å². The Labute approximate surface area is 100 Å². The average molecular weight is 221 g/mol. The fourth-order valence-corrected chi connectivity index (χ4v) is 5.35. The third kappa shape index (κ3) is 1.27. The molecule has 3 aliphatic rings. The number of rotatable bonds is 0. The summed E-state index contributed by atoms with van der Waals surface area (Å²) in [5.41, 5.74) is 7.34. The summed E-state index contributed by atoms with van der Waals surface area (Å²) < 4.78 is 0. The molecule has 0 spiro atoms. The van der Waals surface area contributed by atoms with E-state index < -0.39 is 0 Å². The molecular formula is C15H27N. The number of fused-ring (bicyclic) bond motifs is 3. The maximum atomic E-state index is 6.60. The van der Waals surface area contributed by atoms with Gasteiger partial charge >= 0.3 is 0 Å². The molecule has 0 heterocycles. The monoisotopic (exact) mass is 221 g/mol. The van der Waals surface area contributed by atoms with E-state index in [1.165, 1.54) is 25.7 Å². The fraction of sp³-hybridized carbons (Fsp3) is 1.00. The standard InChI is InChI=1S/C15H27N/c1-9-5-6-10-12(9)13-11(14(13,2)3)7-8-15(10,4)16/h9-13H,5-8,16H2,1-4H3/t9-,10-,11-,12-,13-,15+/m1/s1. The van der Waals surface area contributed by atoms with E-state index >= 15 is 0 Å². The Kier molecular flexibility index (Phi) is 2.11. The lowest BCUT2D eigenvalue weighted by Gasteiger charge is -2.36. The summed E-state index contributed by atoms with van der Waals surface area (Å²) in [5, 5.41) is 0. The lowest BCUT2D eigenvalue weighted by Crippen LogP contribution is -2.46. The molecule has 3 aliphatic carbocycles. The van der Waals surface area contributed by atoms with Crippen LogP contribution in [0, 0.1) is 35.0 Å². The van der Waals surface area contributed by atoms with Crippen molar-refractivity contribution in [3.05, 3.63) is 0 Å². The van der Waals surface area contributed by atoms with Crippen molar-refractivity contribution in [1.29, 1.82) is 0 Å². The Hall–Kier alpha value is -0.0400.